The molecule has 3 aliphatic rings. The van der Waals surface area contributed by atoms with Crippen LogP contribution in [0.1, 0.15) is 60.7 Å². The maximum Gasteiger partial charge on any atom is 0.259 e. The highest BCUT2D eigenvalue weighted by Gasteiger charge is 2.32. The first-order chi connectivity index (χ1) is 13.2. The van der Waals surface area contributed by atoms with Crippen molar-refractivity contribution in [1.29, 1.82) is 0 Å². The number of nitrogens with zero attached hydrogens (tertiary/aromatic N) is 2. The maximum atomic E-state index is 12.8. The quantitative estimate of drug-likeness (QED) is 0.860. The molecular weight excluding hydrogens is 362 g/mol. The summed E-state index contributed by atoms with van der Waals surface area (Å²) in [7, 11) is 0. The molecule has 1 N–H and O–H groups in total. The summed E-state index contributed by atoms with van der Waals surface area (Å²) >= 11 is 1.70. The van der Waals surface area contributed by atoms with Crippen molar-refractivity contribution in [3.05, 3.63) is 26.6 Å². The smallest absolute Gasteiger partial charge is 0.259 e. The molecule has 1 aliphatic carbocycles. The number of ether oxygens (including phenoxy) is 1. The minimum atomic E-state index is -0.242. The zero-order valence-corrected chi connectivity index (χ0v) is 16.3. The Morgan fingerprint density at radius 1 is 1.15 bits per heavy atom. The summed E-state index contributed by atoms with van der Waals surface area (Å²) in [6.45, 7) is 2.13. The van der Waals surface area contributed by atoms with Gasteiger partial charge in [0.2, 0.25) is 0 Å². The highest BCUT2D eigenvalue weighted by molar-refractivity contribution is 7.18. The second kappa shape index (κ2) is 7.02. The summed E-state index contributed by atoms with van der Waals surface area (Å²) in [5.41, 5.74) is 1.26. The van der Waals surface area contributed by atoms with Gasteiger partial charge in [-0.3, -0.25) is 9.59 Å². The number of hydrogen-bond acceptors (Lipinski definition) is 5. The average Bonchev–Trinajstić information content (AvgIpc) is 3.35. The molecule has 2 fully saturated rings. The first kappa shape index (κ1) is 17.4. The Hall–Kier alpha value is -1.73. The van der Waals surface area contributed by atoms with Crippen molar-refractivity contribution >= 4 is 27.5 Å². The summed E-state index contributed by atoms with van der Waals surface area (Å²) in [4.78, 5) is 37.4. The molecule has 0 radical (unpaired) electrons. The van der Waals surface area contributed by atoms with Crippen molar-refractivity contribution in [3.8, 4) is 0 Å². The monoisotopic (exact) mass is 387 g/mol. The van der Waals surface area contributed by atoms with Crippen LogP contribution in [0.5, 0.6) is 0 Å². The highest BCUT2D eigenvalue weighted by Crippen LogP contribution is 2.35. The van der Waals surface area contributed by atoms with Gasteiger partial charge in [-0.15, -0.1) is 11.3 Å². The van der Waals surface area contributed by atoms with Crippen LogP contribution in [0.3, 0.4) is 0 Å². The molecule has 5 rings (SSSR count). The second-order valence-corrected chi connectivity index (χ2v) is 9.03. The molecule has 0 bridgehead atoms. The van der Waals surface area contributed by atoms with Crippen LogP contribution in [0.15, 0.2) is 4.79 Å². The fourth-order valence-corrected chi connectivity index (χ4v) is 5.99. The van der Waals surface area contributed by atoms with E-state index in [-0.39, 0.29) is 23.5 Å². The molecule has 0 spiro atoms. The van der Waals surface area contributed by atoms with Gasteiger partial charge in [-0.1, -0.05) is 0 Å². The molecule has 6 nitrogen and oxygen atoms in total. The Bertz CT molecular complexity index is 920. The number of carbonyl (C=O) groups is 1. The van der Waals surface area contributed by atoms with Crippen LogP contribution in [0.25, 0.3) is 10.2 Å². The van der Waals surface area contributed by atoms with E-state index in [0.717, 1.165) is 61.0 Å². The first-order valence-corrected chi connectivity index (χ1v) is 11.0. The number of carbonyl (C=O) groups excluding carboxylic acids is 1. The zero-order valence-electron chi connectivity index (χ0n) is 15.5. The van der Waals surface area contributed by atoms with Gasteiger partial charge in [0.1, 0.15) is 16.8 Å². The van der Waals surface area contributed by atoms with E-state index in [9.17, 15) is 9.59 Å². The van der Waals surface area contributed by atoms with E-state index in [1.165, 1.54) is 16.9 Å². The fourth-order valence-electron chi connectivity index (χ4n) is 4.72. The topological polar surface area (TPSA) is 75.3 Å². The number of rotatable bonds is 2. The molecular formula is C20H25N3O3S. The van der Waals surface area contributed by atoms with E-state index in [1.54, 1.807) is 11.3 Å². The second-order valence-electron chi connectivity index (χ2n) is 7.94. The van der Waals surface area contributed by atoms with Gasteiger partial charge in [-0.25, -0.2) is 4.98 Å². The van der Waals surface area contributed by atoms with E-state index in [0.29, 0.717) is 19.7 Å². The van der Waals surface area contributed by atoms with Crippen LogP contribution in [-0.2, 0) is 22.4 Å². The molecule has 7 heteroatoms. The number of likely N-dealkylation sites (tertiary alicyclic amines) is 1. The number of piperidine rings is 1. The van der Waals surface area contributed by atoms with E-state index >= 15 is 0 Å². The van der Waals surface area contributed by atoms with E-state index in [4.69, 9.17) is 9.72 Å². The van der Waals surface area contributed by atoms with Gasteiger partial charge in [0, 0.05) is 30.5 Å². The Balaban J connectivity index is 1.34. The lowest BCUT2D eigenvalue weighted by Gasteiger charge is -2.32. The van der Waals surface area contributed by atoms with E-state index < -0.39 is 0 Å². The van der Waals surface area contributed by atoms with E-state index in [1.807, 2.05) is 4.90 Å². The highest BCUT2D eigenvalue weighted by atomic mass is 32.1. The summed E-state index contributed by atoms with van der Waals surface area (Å²) in [6.07, 6.45) is 7.72. The normalized spacial score (nSPS) is 23.7. The first-order valence-electron chi connectivity index (χ1n) is 10.2. The third-order valence-electron chi connectivity index (χ3n) is 6.24. The van der Waals surface area contributed by atoms with Gasteiger partial charge in [0.15, 0.2) is 0 Å². The van der Waals surface area contributed by atoms with Gasteiger partial charge in [0.05, 0.1) is 5.39 Å². The summed E-state index contributed by atoms with van der Waals surface area (Å²) in [6, 6.07) is 0. The number of aromatic amines is 1. The molecule has 144 valence electrons. The number of nitrogens with one attached hydrogen (secondary N) is 1. The van der Waals surface area contributed by atoms with Crippen LogP contribution >= 0.6 is 11.3 Å². The van der Waals surface area contributed by atoms with Gasteiger partial charge >= 0.3 is 0 Å². The third-order valence-corrected chi connectivity index (χ3v) is 7.43. The van der Waals surface area contributed by atoms with Crippen LogP contribution in [0, 0.1) is 0 Å². The molecule has 2 aromatic rings. The lowest BCUT2D eigenvalue weighted by Crippen LogP contribution is -2.43. The molecule has 1 amide bonds. The molecule has 4 heterocycles. The largest absolute Gasteiger partial charge is 0.368 e. The van der Waals surface area contributed by atoms with Crippen LogP contribution < -0.4 is 5.56 Å². The molecule has 0 unspecified atom stereocenters. The van der Waals surface area contributed by atoms with Crippen molar-refractivity contribution in [2.75, 3.05) is 19.7 Å². The van der Waals surface area contributed by atoms with Crippen molar-refractivity contribution in [2.24, 2.45) is 0 Å². The van der Waals surface area contributed by atoms with Gasteiger partial charge < -0.3 is 14.6 Å². The van der Waals surface area contributed by atoms with E-state index in [2.05, 4.69) is 4.98 Å². The summed E-state index contributed by atoms with van der Waals surface area (Å²) in [5.74, 6) is 1.15. The van der Waals surface area contributed by atoms with Gasteiger partial charge in [0.25, 0.3) is 11.5 Å². The fraction of sp³-hybridized carbons (Fsp3) is 0.650. The standard InChI is InChI=1S/C20H25N3O3S/c24-18-16-13-4-1-2-6-15(13)27-19(16)22-17(21-18)12-7-9-23(10-8-12)20(25)14-5-3-11-26-14/h12,14H,1-11H2,(H,21,22,24)/t14-/m1/s1. The van der Waals surface area contributed by atoms with Gasteiger partial charge in [-0.2, -0.15) is 0 Å². The number of fused-ring (bicyclic) bond motifs is 3. The van der Waals surface area contributed by atoms with Crippen molar-refractivity contribution in [2.45, 2.75) is 63.4 Å². The molecule has 0 saturated carbocycles. The van der Waals surface area contributed by atoms with Crippen LogP contribution in [0.2, 0.25) is 0 Å². The third kappa shape index (κ3) is 3.10. The predicted octanol–water partition coefficient (Wildman–Crippen LogP) is 2.75. The molecule has 2 aliphatic heterocycles. The molecule has 2 saturated heterocycles. The number of thiophene rings is 1. The van der Waals surface area contributed by atoms with Gasteiger partial charge in [-0.05, 0) is 56.9 Å². The minimum Gasteiger partial charge on any atom is -0.368 e. The van der Waals surface area contributed by atoms with Crippen molar-refractivity contribution in [1.82, 2.24) is 14.9 Å². The lowest BCUT2D eigenvalue weighted by molar-refractivity contribution is -0.142. The Morgan fingerprint density at radius 2 is 1.96 bits per heavy atom. The minimum absolute atomic E-state index is 0.0206. The molecule has 0 aromatic carbocycles. The van der Waals surface area contributed by atoms with Crippen LogP contribution in [-0.4, -0.2) is 46.6 Å². The SMILES string of the molecule is O=C([C@H]1CCCO1)N1CCC(c2nc3sc4c(c3c(=O)[nH]2)CCCC4)CC1. The maximum absolute atomic E-state index is 12.8. The molecule has 1 atom stereocenters. The number of H-pyrrole nitrogens is 1. The van der Waals surface area contributed by atoms with Crippen molar-refractivity contribution in [3.63, 3.8) is 0 Å². The van der Waals surface area contributed by atoms with Crippen molar-refractivity contribution < 1.29 is 9.53 Å². The number of aryl methyl sites for hydroxylation is 2. The Kier molecular flexibility index (Phi) is 4.52. The molecule has 2 aromatic heterocycles. The number of amides is 1. The number of hydrogen-bond donors (Lipinski definition) is 1. The summed E-state index contributed by atoms with van der Waals surface area (Å²) in [5, 5.41) is 0.824. The number of aromatic nitrogens is 2. The average molecular weight is 388 g/mol. The lowest BCUT2D eigenvalue weighted by atomic mass is 9.95. The molecule has 27 heavy (non-hydrogen) atoms. The Morgan fingerprint density at radius 3 is 2.74 bits per heavy atom. The zero-order chi connectivity index (χ0) is 18.4. The summed E-state index contributed by atoms with van der Waals surface area (Å²) < 4.78 is 5.53. The van der Waals surface area contributed by atoms with Crippen LogP contribution in [0.4, 0.5) is 0 Å². The predicted molar refractivity (Wildman–Crippen MR) is 104 cm³/mol. The Labute approximate surface area is 161 Å².